The van der Waals surface area contributed by atoms with Crippen LogP contribution in [0.3, 0.4) is 0 Å². The number of aliphatic hydroxyl groups is 1. The van der Waals surface area contributed by atoms with Crippen molar-refractivity contribution in [3.8, 4) is 0 Å². The molecule has 0 heterocycles. The molecule has 0 aromatic heterocycles. The Balaban J connectivity index is 2.16. The van der Waals surface area contributed by atoms with Gasteiger partial charge in [0.2, 0.25) is 0 Å². The minimum absolute atomic E-state index is 0.223. The fourth-order valence-electron chi connectivity index (χ4n) is 2.04. The number of anilines is 1. The molecule has 0 aliphatic carbocycles. The zero-order chi connectivity index (χ0) is 14.7. The molecule has 0 aliphatic rings. The molecule has 2 aromatic carbocycles. The zero-order valence-corrected chi connectivity index (χ0v) is 13.1. The number of nitrogens with zero attached hydrogens (tertiary/aromatic N) is 1. The molecule has 0 aliphatic heterocycles. The van der Waals surface area contributed by atoms with Gasteiger partial charge in [0.15, 0.2) is 0 Å². The summed E-state index contributed by atoms with van der Waals surface area (Å²) in [4.78, 5) is 2.07. The van der Waals surface area contributed by atoms with Crippen LogP contribution < -0.4 is 4.90 Å². The summed E-state index contributed by atoms with van der Waals surface area (Å²) in [6.07, 6.45) is -0.484. The summed E-state index contributed by atoms with van der Waals surface area (Å²) in [5, 5.41) is 9.57. The average molecular weight is 338 g/mol. The highest BCUT2D eigenvalue weighted by Gasteiger charge is 2.09. The molecule has 0 unspecified atom stereocenters. The molecule has 0 amide bonds. The third-order valence-electron chi connectivity index (χ3n) is 3.20. The zero-order valence-electron chi connectivity index (χ0n) is 11.5. The van der Waals surface area contributed by atoms with Gasteiger partial charge in [0.05, 0.1) is 11.8 Å². The summed E-state index contributed by atoms with van der Waals surface area (Å²) in [6, 6.07) is 12.3. The highest BCUT2D eigenvalue weighted by atomic mass is 79.9. The van der Waals surface area contributed by atoms with Crippen LogP contribution in [0.2, 0.25) is 0 Å². The summed E-state index contributed by atoms with van der Waals surface area (Å²) < 4.78 is 13.8. The molecule has 1 atom stereocenters. The third-order valence-corrected chi connectivity index (χ3v) is 3.83. The van der Waals surface area contributed by atoms with Crippen molar-refractivity contribution < 1.29 is 9.50 Å². The summed E-state index contributed by atoms with van der Waals surface area (Å²) in [5.74, 6) is -0.223. The Labute approximate surface area is 127 Å². The lowest BCUT2D eigenvalue weighted by Crippen LogP contribution is -2.17. The van der Waals surface area contributed by atoms with Gasteiger partial charge in [-0.05, 0) is 58.2 Å². The van der Waals surface area contributed by atoms with E-state index in [-0.39, 0.29) is 5.82 Å². The van der Waals surface area contributed by atoms with Crippen LogP contribution in [0.4, 0.5) is 10.1 Å². The minimum atomic E-state index is -0.484. The molecule has 1 N–H and O–H groups in total. The molecular weight excluding hydrogens is 321 g/mol. The Morgan fingerprint density at radius 3 is 2.40 bits per heavy atom. The van der Waals surface area contributed by atoms with Crippen LogP contribution in [0.15, 0.2) is 46.9 Å². The van der Waals surface area contributed by atoms with E-state index in [0.717, 1.165) is 21.3 Å². The summed E-state index contributed by atoms with van der Waals surface area (Å²) in [5.41, 5.74) is 2.94. The summed E-state index contributed by atoms with van der Waals surface area (Å²) in [7, 11) is 1.98. The van der Waals surface area contributed by atoms with Crippen molar-refractivity contribution in [3.63, 3.8) is 0 Å². The van der Waals surface area contributed by atoms with Gasteiger partial charge in [-0.3, -0.25) is 0 Å². The molecule has 0 fully saturated rings. The second-order valence-corrected chi connectivity index (χ2v) is 5.72. The van der Waals surface area contributed by atoms with Crippen molar-refractivity contribution in [1.82, 2.24) is 0 Å². The van der Waals surface area contributed by atoms with Crippen molar-refractivity contribution in [2.75, 3.05) is 11.9 Å². The lowest BCUT2D eigenvalue weighted by Gasteiger charge is -2.21. The topological polar surface area (TPSA) is 23.5 Å². The molecule has 0 radical (unpaired) electrons. The fraction of sp³-hybridized carbons (Fsp3) is 0.250. The Hall–Kier alpha value is -1.39. The lowest BCUT2D eigenvalue weighted by atomic mass is 10.1. The first-order valence-electron chi connectivity index (χ1n) is 6.40. The van der Waals surface area contributed by atoms with Crippen LogP contribution in [-0.4, -0.2) is 12.2 Å². The second-order valence-electron chi connectivity index (χ2n) is 4.87. The van der Waals surface area contributed by atoms with E-state index < -0.39 is 6.10 Å². The van der Waals surface area contributed by atoms with Crippen LogP contribution >= 0.6 is 15.9 Å². The summed E-state index contributed by atoms with van der Waals surface area (Å²) >= 11 is 3.53. The van der Waals surface area contributed by atoms with Crippen molar-refractivity contribution in [1.29, 1.82) is 0 Å². The maximum absolute atomic E-state index is 12.9. The Morgan fingerprint density at radius 1 is 1.20 bits per heavy atom. The van der Waals surface area contributed by atoms with Gasteiger partial charge < -0.3 is 10.0 Å². The van der Waals surface area contributed by atoms with E-state index in [1.807, 2.05) is 25.2 Å². The summed E-state index contributed by atoms with van der Waals surface area (Å²) in [6.45, 7) is 2.43. The SMILES string of the molecule is C[C@H](O)c1ccc(N(C)Cc2ccc(F)cc2)c(Br)c1. The van der Waals surface area contributed by atoms with Crippen molar-refractivity contribution >= 4 is 21.6 Å². The first-order chi connectivity index (χ1) is 9.47. The van der Waals surface area contributed by atoms with E-state index in [9.17, 15) is 9.50 Å². The molecule has 2 aromatic rings. The molecular formula is C16H17BrFNO. The monoisotopic (exact) mass is 337 g/mol. The van der Waals surface area contributed by atoms with Crippen LogP contribution in [-0.2, 0) is 6.54 Å². The third kappa shape index (κ3) is 3.58. The number of hydrogen-bond acceptors (Lipinski definition) is 2. The molecule has 106 valence electrons. The van der Waals surface area contributed by atoms with E-state index >= 15 is 0 Å². The standard InChI is InChI=1S/C16H17BrFNO/c1-11(20)13-5-8-16(15(17)9-13)19(2)10-12-3-6-14(18)7-4-12/h3-9,11,20H,10H2,1-2H3/t11-/m0/s1. The number of halogens is 2. The van der Waals surface area contributed by atoms with E-state index in [1.54, 1.807) is 19.1 Å². The van der Waals surface area contributed by atoms with Crippen molar-refractivity contribution in [3.05, 3.63) is 63.9 Å². The van der Waals surface area contributed by atoms with E-state index in [1.165, 1.54) is 12.1 Å². The van der Waals surface area contributed by atoms with Gasteiger partial charge in [-0.2, -0.15) is 0 Å². The van der Waals surface area contributed by atoms with Crippen LogP contribution in [0.1, 0.15) is 24.2 Å². The van der Waals surface area contributed by atoms with Gasteiger partial charge in [-0.25, -0.2) is 4.39 Å². The van der Waals surface area contributed by atoms with Gasteiger partial charge >= 0.3 is 0 Å². The highest BCUT2D eigenvalue weighted by molar-refractivity contribution is 9.10. The molecule has 2 nitrogen and oxygen atoms in total. The van der Waals surface area contributed by atoms with Gasteiger partial charge in [0, 0.05) is 18.1 Å². The predicted octanol–water partition coefficient (Wildman–Crippen LogP) is 4.28. The van der Waals surface area contributed by atoms with Crippen LogP contribution in [0.5, 0.6) is 0 Å². The van der Waals surface area contributed by atoms with Crippen molar-refractivity contribution in [2.45, 2.75) is 19.6 Å². The first kappa shape index (κ1) is 15.0. The van der Waals surface area contributed by atoms with Gasteiger partial charge in [0.25, 0.3) is 0 Å². The maximum atomic E-state index is 12.9. The number of hydrogen-bond donors (Lipinski definition) is 1. The van der Waals surface area contributed by atoms with Gasteiger partial charge in [-0.1, -0.05) is 18.2 Å². The fourth-order valence-corrected chi connectivity index (χ4v) is 2.74. The predicted molar refractivity (Wildman–Crippen MR) is 83.3 cm³/mol. The normalized spacial score (nSPS) is 12.2. The smallest absolute Gasteiger partial charge is 0.123 e. The Kier molecular flexibility index (Phi) is 4.78. The molecule has 0 bridgehead atoms. The molecule has 0 spiro atoms. The van der Waals surface area contributed by atoms with Gasteiger partial charge in [0.1, 0.15) is 5.82 Å². The van der Waals surface area contributed by atoms with E-state index in [4.69, 9.17) is 0 Å². The number of aliphatic hydroxyl groups excluding tert-OH is 1. The van der Waals surface area contributed by atoms with Crippen LogP contribution in [0.25, 0.3) is 0 Å². The van der Waals surface area contributed by atoms with E-state index in [0.29, 0.717) is 6.54 Å². The Bertz CT molecular complexity index is 584. The number of rotatable bonds is 4. The molecule has 2 rings (SSSR count). The second kappa shape index (κ2) is 6.37. The minimum Gasteiger partial charge on any atom is -0.389 e. The maximum Gasteiger partial charge on any atom is 0.123 e. The largest absolute Gasteiger partial charge is 0.389 e. The number of benzene rings is 2. The lowest BCUT2D eigenvalue weighted by molar-refractivity contribution is 0.199. The molecule has 20 heavy (non-hydrogen) atoms. The average Bonchev–Trinajstić information content (AvgIpc) is 2.41. The van der Waals surface area contributed by atoms with Crippen molar-refractivity contribution in [2.24, 2.45) is 0 Å². The van der Waals surface area contributed by atoms with E-state index in [2.05, 4.69) is 20.8 Å². The Morgan fingerprint density at radius 2 is 1.85 bits per heavy atom. The van der Waals surface area contributed by atoms with Crippen LogP contribution in [0, 0.1) is 5.82 Å². The molecule has 0 saturated heterocycles. The molecule has 0 saturated carbocycles. The first-order valence-corrected chi connectivity index (χ1v) is 7.20. The van der Waals surface area contributed by atoms with Gasteiger partial charge in [-0.15, -0.1) is 0 Å². The highest BCUT2D eigenvalue weighted by Crippen LogP contribution is 2.29. The molecule has 4 heteroatoms. The quantitative estimate of drug-likeness (QED) is 0.900.